The number of nitro benzene ring substituents is 1. The molecule has 9 heteroatoms. The molecule has 0 saturated heterocycles. The molecule has 3 aromatic rings. The van der Waals surface area contributed by atoms with Crippen LogP contribution in [0.3, 0.4) is 0 Å². The van der Waals surface area contributed by atoms with E-state index in [0.29, 0.717) is 16.8 Å². The molecule has 0 unspecified atom stereocenters. The molecule has 1 heterocycles. The minimum absolute atomic E-state index is 0.0998. The fourth-order valence-electron chi connectivity index (χ4n) is 3.13. The van der Waals surface area contributed by atoms with Gasteiger partial charge in [0.2, 0.25) is 5.91 Å². The second-order valence-corrected chi connectivity index (χ2v) is 7.83. The van der Waals surface area contributed by atoms with E-state index >= 15 is 0 Å². The van der Waals surface area contributed by atoms with Crippen LogP contribution in [-0.4, -0.2) is 25.8 Å². The van der Waals surface area contributed by atoms with Crippen molar-refractivity contribution in [2.45, 2.75) is 4.90 Å². The maximum absolute atomic E-state index is 12.8. The third-order valence-electron chi connectivity index (χ3n) is 4.33. The summed E-state index contributed by atoms with van der Waals surface area (Å²) in [7, 11) is -3.82. The van der Waals surface area contributed by atoms with Crippen molar-refractivity contribution < 1.29 is 18.1 Å². The predicted octanol–water partition coefficient (Wildman–Crippen LogP) is 2.90. The van der Waals surface area contributed by atoms with Crippen molar-refractivity contribution in [1.29, 1.82) is 0 Å². The number of nitrogens with zero attached hydrogens (tertiary/aromatic N) is 2. The molecular weight excluding hydrogens is 370 g/mol. The fourth-order valence-corrected chi connectivity index (χ4v) is 4.79. The topological polar surface area (TPSA) is 110 Å². The number of sulfonamides is 1. The first-order chi connectivity index (χ1) is 12.9. The first-order valence-corrected chi connectivity index (χ1v) is 9.41. The van der Waals surface area contributed by atoms with Gasteiger partial charge in [-0.2, -0.15) is 0 Å². The zero-order chi connectivity index (χ0) is 19.2. The first-order valence-electron chi connectivity index (χ1n) is 7.97. The average molecular weight is 383 g/mol. The Morgan fingerprint density at radius 1 is 1.04 bits per heavy atom. The van der Waals surface area contributed by atoms with Gasteiger partial charge in [-0.05, 0) is 29.7 Å². The zero-order valence-electron chi connectivity index (χ0n) is 13.8. The molecule has 1 N–H and O–H groups in total. The Balaban J connectivity index is 1.60. The van der Waals surface area contributed by atoms with E-state index in [2.05, 4.69) is 5.32 Å². The van der Waals surface area contributed by atoms with Crippen LogP contribution in [0, 0.1) is 10.1 Å². The first kappa shape index (κ1) is 17.0. The van der Waals surface area contributed by atoms with Crippen molar-refractivity contribution in [1.82, 2.24) is 0 Å². The van der Waals surface area contributed by atoms with Gasteiger partial charge in [0.15, 0.2) is 0 Å². The van der Waals surface area contributed by atoms with E-state index in [1.807, 2.05) is 12.1 Å². The predicted molar refractivity (Wildman–Crippen MR) is 100 cm³/mol. The Labute approximate surface area is 154 Å². The number of rotatable bonds is 4. The summed E-state index contributed by atoms with van der Waals surface area (Å²) in [5.74, 6) is -0.544. The number of carbonyl (C=O) groups excluding carboxylic acids is 1. The highest BCUT2D eigenvalue weighted by atomic mass is 32.2. The molecule has 0 atom stereocenters. The van der Waals surface area contributed by atoms with E-state index in [4.69, 9.17) is 0 Å². The monoisotopic (exact) mass is 383 g/mol. The number of carbonyl (C=O) groups is 1. The van der Waals surface area contributed by atoms with Crippen molar-refractivity contribution in [3.63, 3.8) is 0 Å². The van der Waals surface area contributed by atoms with Gasteiger partial charge in [0, 0.05) is 23.2 Å². The second-order valence-electron chi connectivity index (χ2n) is 6.00. The van der Waals surface area contributed by atoms with E-state index in [1.165, 1.54) is 30.3 Å². The van der Waals surface area contributed by atoms with E-state index in [-0.39, 0.29) is 10.6 Å². The molecule has 0 radical (unpaired) electrons. The number of hydrogen-bond donors (Lipinski definition) is 1. The molecule has 27 heavy (non-hydrogen) atoms. The van der Waals surface area contributed by atoms with Crippen LogP contribution in [0.2, 0.25) is 0 Å². The number of benzene rings is 3. The van der Waals surface area contributed by atoms with Gasteiger partial charge in [-0.1, -0.05) is 24.3 Å². The summed E-state index contributed by atoms with van der Waals surface area (Å²) >= 11 is 0. The highest BCUT2D eigenvalue weighted by Gasteiger charge is 2.36. The number of nitro groups is 1. The Kier molecular flexibility index (Phi) is 3.81. The summed E-state index contributed by atoms with van der Waals surface area (Å²) < 4.78 is 26.8. The third-order valence-corrected chi connectivity index (χ3v) is 6.13. The van der Waals surface area contributed by atoms with Gasteiger partial charge in [-0.3, -0.25) is 19.2 Å². The molecule has 0 spiro atoms. The fraction of sp³-hybridized carbons (Fsp3) is 0.0556. The smallest absolute Gasteiger partial charge is 0.269 e. The SMILES string of the molecule is O=C(CN1c2cccc3cccc(c23)S1(=O)=O)Nc1ccc([N+](=O)[O-])cc1. The lowest BCUT2D eigenvalue weighted by Gasteiger charge is -2.18. The molecule has 0 saturated carbocycles. The number of nitrogens with one attached hydrogen (secondary N) is 1. The van der Waals surface area contributed by atoms with Crippen LogP contribution >= 0.6 is 0 Å². The molecule has 0 bridgehead atoms. The Morgan fingerprint density at radius 3 is 2.37 bits per heavy atom. The summed E-state index contributed by atoms with van der Waals surface area (Å²) in [5.41, 5.74) is 0.706. The maximum atomic E-state index is 12.8. The van der Waals surface area contributed by atoms with Gasteiger partial charge in [0.25, 0.3) is 15.7 Å². The van der Waals surface area contributed by atoms with E-state index in [1.54, 1.807) is 18.2 Å². The van der Waals surface area contributed by atoms with Crippen LogP contribution in [-0.2, 0) is 14.8 Å². The Hall–Kier alpha value is -3.46. The van der Waals surface area contributed by atoms with Gasteiger partial charge in [0.05, 0.1) is 15.5 Å². The van der Waals surface area contributed by atoms with E-state index in [0.717, 1.165) is 9.69 Å². The molecule has 1 aliphatic heterocycles. The van der Waals surface area contributed by atoms with Gasteiger partial charge in [0.1, 0.15) is 6.54 Å². The number of non-ortho nitro benzene ring substituents is 1. The summed E-state index contributed by atoms with van der Waals surface area (Å²) in [6, 6.07) is 15.5. The second kappa shape index (κ2) is 6.06. The highest BCUT2D eigenvalue weighted by molar-refractivity contribution is 7.93. The van der Waals surface area contributed by atoms with Gasteiger partial charge < -0.3 is 5.32 Å². The van der Waals surface area contributed by atoms with Gasteiger partial charge in [-0.15, -0.1) is 0 Å². The number of anilines is 2. The maximum Gasteiger partial charge on any atom is 0.269 e. The summed E-state index contributed by atoms with van der Waals surface area (Å²) in [6.07, 6.45) is 0. The molecule has 0 fully saturated rings. The van der Waals surface area contributed by atoms with Crippen LogP contribution in [0.1, 0.15) is 0 Å². The zero-order valence-corrected chi connectivity index (χ0v) is 14.6. The summed E-state index contributed by atoms with van der Waals surface area (Å²) in [4.78, 5) is 22.7. The molecule has 1 amide bonds. The molecule has 0 aromatic heterocycles. The third kappa shape index (κ3) is 2.77. The molecule has 4 rings (SSSR count). The standard InChI is InChI=1S/C18H13N3O5S/c22-17(19-13-7-9-14(10-8-13)21(23)24)11-20-15-5-1-3-12-4-2-6-16(18(12)15)27(20,25)26/h1-10H,11H2,(H,19,22). The van der Waals surface area contributed by atoms with E-state index in [9.17, 15) is 23.3 Å². The highest BCUT2D eigenvalue weighted by Crippen LogP contribution is 2.41. The number of hydrogen-bond acceptors (Lipinski definition) is 5. The minimum atomic E-state index is -3.82. The lowest BCUT2D eigenvalue weighted by molar-refractivity contribution is -0.384. The molecular formula is C18H13N3O5S. The van der Waals surface area contributed by atoms with Crippen LogP contribution in [0.4, 0.5) is 17.1 Å². The Bertz CT molecular complexity index is 1180. The average Bonchev–Trinajstić information content (AvgIpc) is 2.86. The van der Waals surface area contributed by atoms with Crippen LogP contribution in [0.25, 0.3) is 10.8 Å². The van der Waals surface area contributed by atoms with Crippen molar-refractivity contribution in [2.24, 2.45) is 0 Å². The quantitative estimate of drug-likeness (QED) is 0.550. The van der Waals surface area contributed by atoms with Crippen molar-refractivity contribution in [3.05, 3.63) is 70.8 Å². The summed E-state index contributed by atoms with van der Waals surface area (Å²) in [6.45, 7) is -0.396. The molecule has 136 valence electrons. The lowest BCUT2D eigenvalue weighted by atomic mass is 10.1. The minimum Gasteiger partial charge on any atom is -0.325 e. The van der Waals surface area contributed by atoms with Crippen LogP contribution in [0.15, 0.2) is 65.6 Å². The van der Waals surface area contributed by atoms with Crippen molar-refractivity contribution in [3.8, 4) is 0 Å². The lowest BCUT2D eigenvalue weighted by Crippen LogP contribution is -2.35. The van der Waals surface area contributed by atoms with E-state index < -0.39 is 27.4 Å². The Morgan fingerprint density at radius 2 is 1.70 bits per heavy atom. The number of amides is 1. The van der Waals surface area contributed by atoms with Crippen LogP contribution < -0.4 is 9.62 Å². The van der Waals surface area contributed by atoms with Crippen LogP contribution in [0.5, 0.6) is 0 Å². The van der Waals surface area contributed by atoms with Gasteiger partial charge in [-0.25, -0.2) is 8.42 Å². The molecule has 3 aromatic carbocycles. The van der Waals surface area contributed by atoms with Crippen molar-refractivity contribution >= 4 is 43.8 Å². The van der Waals surface area contributed by atoms with Crippen molar-refractivity contribution in [2.75, 3.05) is 16.2 Å². The normalized spacial score (nSPS) is 14.3. The van der Waals surface area contributed by atoms with Gasteiger partial charge >= 0.3 is 0 Å². The molecule has 0 aliphatic carbocycles. The largest absolute Gasteiger partial charge is 0.325 e. The molecule has 8 nitrogen and oxygen atoms in total. The summed E-state index contributed by atoms with van der Waals surface area (Å²) in [5, 5.41) is 14.6. The molecule has 1 aliphatic rings.